The van der Waals surface area contributed by atoms with Crippen molar-refractivity contribution in [3.05, 3.63) is 35.9 Å². The Labute approximate surface area is 113 Å². The van der Waals surface area contributed by atoms with Crippen molar-refractivity contribution in [2.45, 2.75) is 12.3 Å². The summed E-state index contributed by atoms with van der Waals surface area (Å²) in [4.78, 5) is 0. The first-order valence-electron chi connectivity index (χ1n) is 6.22. The molecule has 0 saturated carbocycles. The lowest BCUT2D eigenvalue weighted by Gasteiger charge is -2.10. The fourth-order valence-electron chi connectivity index (χ4n) is 1.58. The highest BCUT2D eigenvalue weighted by Crippen LogP contribution is 2.13. The first-order chi connectivity index (χ1) is 8.88. The summed E-state index contributed by atoms with van der Waals surface area (Å²) in [5, 5.41) is 21.1. The van der Waals surface area contributed by atoms with E-state index < -0.39 is 0 Å². The number of hydrogen-bond acceptors (Lipinski definition) is 4. The van der Waals surface area contributed by atoms with Crippen LogP contribution in [0.25, 0.3) is 0 Å². The number of benzene rings is 1. The minimum Gasteiger partial charge on any atom is -0.396 e. The zero-order valence-electron chi connectivity index (χ0n) is 10.5. The number of aliphatic hydroxyl groups excluding tert-OH is 1. The Morgan fingerprint density at radius 2 is 2.06 bits per heavy atom. The van der Waals surface area contributed by atoms with Crippen molar-refractivity contribution in [2.24, 2.45) is 0 Å². The third kappa shape index (κ3) is 6.06. The molecule has 0 spiro atoms. The summed E-state index contributed by atoms with van der Waals surface area (Å²) in [6, 6.07) is 12.2. The fraction of sp³-hybridized carbons (Fsp3) is 0.500. The van der Waals surface area contributed by atoms with Crippen molar-refractivity contribution in [3.8, 4) is 6.07 Å². The van der Waals surface area contributed by atoms with Crippen molar-refractivity contribution in [1.29, 1.82) is 5.26 Å². The maximum atomic E-state index is 9.13. The van der Waals surface area contributed by atoms with E-state index in [-0.39, 0.29) is 12.5 Å². The molecule has 0 radical (unpaired) electrons. The molecule has 0 amide bonds. The molecule has 0 aliphatic heterocycles. The number of rotatable bonds is 9. The van der Waals surface area contributed by atoms with Crippen LogP contribution >= 0.6 is 11.8 Å². The minimum atomic E-state index is -0.0753. The maximum Gasteiger partial charge on any atom is 0.0837 e. The molecular formula is C14H20N2OS. The van der Waals surface area contributed by atoms with Crippen LogP contribution in [0.4, 0.5) is 0 Å². The predicted molar refractivity (Wildman–Crippen MR) is 76.7 cm³/mol. The van der Waals surface area contributed by atoms with Gasteiger partial charge in [-0.1, -0.05) is 30.3 Å². The van der Waals surface area contributed by atoms with Crippen LogP contribution in [0.5, 0.6) is 0 Å². The second-order valence-electron chi connectivity index (χ2n) is 3.99. The van der Waals surface area contributed by atoms with E-state index in [0.717, 1.165) is 30.0 Å². The van der Waals surface area contributed by atoms with Crippen LogP contribution < -0.4 is 5.32 Å². The molecular weight excluding hydrogens is 244 g/mol. The molecule has 4 heteroatoms. The van der Waals surface area contributed by atoms with Gasteiger partial charge >= 0.3 is 0 Å². The van der Waals surface area contributed by atoms with Crippen molar-refractivity contribution < 1.29 is 5.11 Å². The maximum absolute atomic E-state index is 9.13. The highest BCUT2D eigenvalue weighted by Gasteiger charge is 2.08. The summed E-state index contributed by atoms with van der Waals surface area (Å²) in [5.74, 6) is 1.94. The van der Waals surface area contributed by atoms with E-state index in [1.165, 1.54) is 0 Å². The second-order valence-corrected chi connectivity index (χ2v) is 5.21. The van der Waals surface area contributed by atoms with E-state index in [9.17, 15) is 0 Å². The quantitative estimate of drug-likeness (QED) is 0.670. The largest absolute Gasteiger partial charge is 0.396 e. The molecule has 0 heterocycles. The Balaban J connectivity index is 2.16. The Kier molecular flexibility index (Phi) is 8.32. The van der Waals surface area contributed by atoms with E-state index in [1.54, 1.807) is 0 Å². The van der Waals surface area contributed by atoms with Gasteiger partial charge in [0.2, 0.25) is 0 Å². The monoisotopic (exact) mass is 264 g/mol. The van der Waals surface area contributed by atoms with Gasteiger partial charge in [-0.2, -0.15) is 17.0 Å². The Morgan fingerprint density at radius 1 is 1.28 bits per heavy atom. The van der Waals surface area contributed by atoms with Gasteiger partial charge in [0.25, 0.3) is 0 Å². The van der Waals surface area contributed by atoms with Gasteiger partial charge in [0.05, 0.1) is 12.0 Å². The molecule has 98 valence electrons. The zero-order valence-corrected chi connectivity index (χ0v) is 11.3. The van der Waals surface area contributed by atoms with Gasteiger partial charge in [0.1, 0.15) is 0 Å². The number of nitriles is 1. The highest BCUT2D eigenvalue weighted by molar-refractivity contribution is 7.99. The van der Waals surface area contributed by atoms with Crippen molar-refractivity contribution in [1.82, 2.24) is 5.32 Å². The summed E-state index contributed by atoms with van der Waals surface area (Å²) in [6.45, 7) is 1.87. The molecule has 1 atom stereocenters. The number of nitrogens with zero attached hydrogens (tertiary/aromatic N) is 1. The first kappa shape index (κ1) is 15.0. The van der Waals surface area contributed by atoms with Crippen molar-refractivity contribution in [3.63, 3.8) is 0 Å². The van der Waals surface area contributed by atoms with Crippen LogP contribution in [0, 0.1) is 11.3 Å². The molecule has 0 aliphatic carbocycles. The zero-order chi connectivity index (χ0) is 13.1. The SMILES string of the molecule is N#CC(CNCCSCCCO)c1ccccc1. The number of thioether (sulfide) groups is 1. The lowest BCUT2D eigenvalue weighted by atomic mass is 10.0. The minimum absolute atomic E-state index is 0.0753. The Hall–Kier alpha value is -1.02. The average molecular weight is 264 g/mol. The summed E-state index contributed by atoms with van der Waals surface area (Å²) < 4.78 is 0. The molecule has 1 unspecified atom stereocenters. The third-order valence-electron chi connectivity index (χ3n) is 2.58. The van der Waals surface area contributed by atoms with Crippen molar-refractivity contribution >= 4 is 11.8 Å². The van der Waals surface area contributed by atoms with E-state index in [4.69, 9.17) is 10.4 Å². The number of hydrogen-bond donors (Lipinski definition) is 2. The van der Waals surface area contributed by atoms with Gasteiger partial charge in [-0.3, -0.25) is 0 Å². The summed E-state index contributed by atoms with van der Waals surface area (Å²) >= 11 is 1.83. The molecule has 18 heavy (non-hydrogen) atoms. The number of nitrogens with one attached hydrogen (secondary N) is 1. The van der Waals surface area contributed by atoms with Gasteiger partial charge in [0.15, 0.2) is 0 Å². The lowest BCUT2D eigenvalue weighted by molar-refractivity contribution is 0.296. The van der Waals surface area contributed by atoms with Crippen LogP contribution in [-0.4, -0.2) is 36.3 Å². The third-order valence-corrected chi connectivity index (χ3v) is 3.65. The normalized spacial score (nSPS) is 12.0. The van der Waals surface area contributed by atoms with Gasteiger partial charge in [0, 0.05) is 25.4 Å². The highest BCUT2D eigenvalue weighted by atomic mass is 32.2. The summed E-state index contributed by atoms with van der Waals surface area (Å²) in [7, 11) is 0. The Morgan fingerprint density at radius 3 is 2.72 bits per heavy atom. The molecule has 2 N–H and O–H groups in total. The first-order valence-corrected chi connectivity index (χ1v) is 7.38. The van der Waals surface area contributed by atoms with Crippen LogP contribution in [0.2, 0.25) is 0 Å². The average Bonchev–Trinajstić information content (AvgIpc) is 2.43. The molecule has 1 aromatic carbocycles. The van der Waals surface area contributed by atoms with Gasteiger partial charge < -0.3 is 10.4 Å². The molecule has 3 nitrogen and oxygen atoms in total. The van der Waals surface area contributed by atoms with Gasteiger partial charge in [-0.15, -0.1) is 0 Å². The molecule has 0 saturated heterocycles. The Bertz CT molecular complexity index is 351. The van der Waals surface area contributed by atoms with E-state index >= 15 is 0 Å². The van der Waals surface area contributed by atoms with E-state index in [0.29, 0.717) is 6.54 Å². The molecule has 0 fully saturated rings. The standard InChI is InChI=1S/C14H20N2OS/c15-11-14(13-5-2-1-3-6-13)12-16-7-10-18-9-4-8-17/h1-3,5-6,14,16-17H,4,7-10,12H2. The molecule has 1 aromatic rings. The molecule has 0 aromatic heterocycles. The fourth-order valence-corrected chi connectivity index (χ4v) is 2.41. The molecule has 1 rings (SSSR count). The van der Waals surface area contributed by atoms with Crippen LogP contribution in [0.15, 0.2) is 30.3 Å². The van der Waals surface area contributed by atoms with Crippen LogP contribution in [0.1, 0.15) is 17.9 Å². The molecule has 0 aliphatic rings. The smallest absolute Gasteiger partial charge is 0.0837 e. The van der Waals surface area contributed by atoms with Crippen LogP contribution in [-0.2, 0) is 0 Å². The summed E-state index contributed by atoms with van der Waals surface area (Å²) in [5.41, 5.74) is 1.07. The van der Waals surface area contributed by atoms with Crippen molar-refractivity contribution in [2.75, 3.05) is 31.2 Å². The lowest BCUT2D eigenvalue weighted by Crippen LogP contribution is -2.23. The topological polar surface area (TPSA) is 56.0 Å². The summed E-state index contributed by atoms with van der Waals surface area (Å²) in [6.07, 6.45) is 0.857. The van der Waals surface area contributed by atoms with Gasteiger partial charge in [-0.25, -0.2) is 0 Å². The van der Waals surface area contributed by atoms with E-state index in [2.05, 4.69) is 11.4 Å². The van der Waals surface area contributed by atoms with Gasteiger partial charge in [-0.05, 0) is 17.7 Å². The predicted octanol–water partition coefficient (Wildman–Crippen LogP) is 2.00. The number of aliphatic hydroxyl groups is 1. The molecule has 0 bridgehead atoms. The van der Waals surface area contributed by atoms with Crippen LogP contribution in [0.3, 0.4) is 0 Å². The van der Waals surface area contributed by atoms with E-state index in [1.807, 2.05) is 42.1 Å². The second kappa shape index (κ2) is 9.95.